The normalized spacial score (nSPS) is 16.8. The molecule has 106 valence electrons. The van der Waals surface area contributed by atoms with Crippen LogP contribution in [-0.2, 0) is 0 Å². The first-order chi connectivity index (χ1) is 9.11. The van der Waals surface area contributed by atoms with Crippen molar-refractivity contribution in [1.82, 2.24) is 4.98 Å². The van der Waals surface area contributed by atoms with E-state index in [1.54, 1.807) is 6.07 Å². The summed E-state index contributed by atoms with van der Waals surface area (Å²) in [5.74, 6) is 2.17. The van der Waals surface area contributed by atoms with Crippen molar-refractivity contribution >= 4 is 34.8 Å². The van der Waals surface area contributed by atoms with E-state index in [0.717, 1.165) is 24.7 Å². The van der Waals surface area contributed by atoms with Gasteiger partial charge >= 0.3 is 0 Å². The van der Waals surface area contributed by atoms with Crippen molar-refractivity contribution in [1.29, 1.82) is 0 Å². The minimum atomic E-state index is 0.402. The molecule has 0 saturated heterocycles. The lowest BCUT2D eigenvalue weighted by molar-refractivity contribution is 0.285. The predicted molar refractivity (Wildman–Crippen MR) is 83.5 cm³/mol. The van der Waals surface area contributed by atoms with Crippen LogP contribution in [0, 0.1) is 5.92 Å². The fourth-order valence-electron chi connectivity index (χ4n) is 2.21. The monoisotopic (exact) mass is 301 g/mol. The highest BCUT2D eigenvalue weighted by Gasteiger charge is 2.24. The summed E-state index contributed by atoms with van der Waals surface area (Å²) in [4.78, 5) is 4.50. The molecule has 1 aliphatic carbocycles. The van der Waals surface area contributed by atoms with Gasteiger partial charge in [0, 0.05) is 12.6 Å². The van der Waals surface area contributed by atoms with Gasteiger partial charge in [-0.25, -0.2) is 4.98 Å². The van der Waals surface area contributed by atoms with E-state index in [1.807, 2.05) is 0 Å². The highest BCUT2D eigenvalue weighted by molar-refractivity contribution is 6.37. The predicted octanol–water partition coefficient (Wildman–Crippen LogP) is 4.81. The van der Waals surface area contributed by atoms with Crippen molar-refractivity contribution < 1.29 is 0 Å². The third kappa shape index (κ3) is 3.67. The molecule has 5 heteroatoms. The van der Waals surface area contributed by atoms with Gasteiger partial charge in [-0.15, -0.1) is 0 Å². The molecule has 1 fully saturated rings. The molecule has 0 spiro atoms. The number of anilines is 2. The number of nitrogens with zero attached hydrogens (tertiary/aromatic N) is 1. The molecule has 19 heavy (non-hydrogen) atoms. The highest BCUT2D eigenvalue weighted by atomic mass is 35.5. The van der Waals surface area contributed by atoms with Gasteiger partial charge in [-0.1, -0.05) is 36.5 Å². The lowest BCUT2D eigenvalue weighted by Crippen LogP contribution is -2.31. The van der Waals surface area contributed by atoms with Crippen LogP contribution in [0.5, 0.6) is 0 Å². The maximum Gasteiger partial charge on any atom is 0.147 e. The zero-order chi connectivity index (χ0) is 13.8. The molecule has 1 heterocycles. The zero-order valence-electron chi connectivity index (χ0n) is 11.5. The van der Waals surface area contributed by atoms with Crippen molar-refractivity contribution in [3.8, 4) is 0 Å². The zero-order valence-corrected chi connectivity index (χ0v) is 13.0. The van der Waals surface area contributed by atoms with Crippen molar-refractivity contribution in [2.45, 2.75) is 45.6 Å². The lowest BCUT2D eigenvalue weighted by atomic mass is 9.80. The topological polar surface area (TPSA) is 37.0 Å². The van der Waals surface area contributed by atoms with Crippen LogP contribution in [0.25, 0.3) is 0 Å². The van der Waals surface area contributed by atoms with Gasteiger partial charge < -0.3 is 10.6 Å². The molecule has 2 N–H and O–H groups in total. The number of hydrogen-bond donors (Lipinski definition) is 2. The average molecular weight is 302 g/mol. The molecule has 0 amide bonds. The summed E-state index contributed by atoms with van der Waals surface area (Å²) >= 11 is 12.3. The van der Waals surface area contributed by atoms with E-state index >= 15 is 0 Å². The number of aromatic nitrogens is 1. The molecule has 1 saturated carbocycles. The minimum Gasteiger partial charge on any atom is -0.369 e. The summed E-state index contributed by atoms with van der Waals surface area (Å²) in [6, 6.07) is 2.16. The SMILES string of the molecule is CCCNc1nc(NC(C)C2CCC2)c(Cl)cc1Cl. The van der Waals surface area contributed by atoms with Crippen LogP contribution < -0.4 is 10.6 Å². The standard InChI is InChI=1S/C14H21Cl2N3/c1-3-7-17-13-11(15)8-12(16)14(19-13)18-9(2)10-5-4-6-10/h8-10H,3-7H2,1-2H3,(H2,17,18,19). The number of halogens is 2. The van der Waals surface area contributed by atoms with E-state index in [9.17, 15) is 0 Å². The fourth-order valence-corrected chi connectivity index (χ4v) is 2.69. The first kappa shape index (κ1) is 14.7. The Labute approximate surface area is 125 Å². The largest absolute Gasteiger partial charge is 0.369 e. The van der Waals surface area contributed by atoms with Crippen LogP contribution in [-0.4, -0.2) is 17.6 Å². The Balaban J connectivity index is 2.09. The van der Waals surface area contributed by atoms with Crippen molar-refractivity contribution in [2.24, 2.45) is 5.92 Å². The number of hydrogen-bond acceptors (Lipinski definition) is 3. The molecule has 0 aliphatic heterocycles. The lowest BCUT2D eigenvalue weighted by Gasteiger charge is -2.32. The molecule has 0 aromatic carbocycles. The van der Waals surface area contributed by atoms with Crippen molar-refractivity contribution in [3.63, 3.8) is 0 Å². The average Bonchev–Trinajstić information content (AvgIpc) is 2.28. The molecule has 0 radical (unpaired) electrons. The van der Waals surface area contributed by atoms with E-state index in [0.29, 0.717) is 21.9 Å². The Morgan fingerprint density at radius 3 is 2.58 bits per heavy atom. The molecule has 3 nitrogen and oxygen atoms in total. The molecule has 1 aliphatic rings. The second-order valence-corrected chi connectivity index (χ2v) is 6.01. The Hall–Kier alpha value is -0.670. The number of nitrogens with one attached hydrogen (secondary N) is 2. The van der Waals surface area contributed by atoms with Crippen LogP contribution in [0.3, 0.4) is 0 Å². The van der Waals surface area contributed by atoms with Crippen LogP contribution in [0.15, 0.2) is 6.07 Å². The smallest absolute Gasteiger partial charge is 0.147 e. The number of pyridine rings is 1. The van der Waals surface area contributed by atoms with Gasteiger partial charge in [0.25, 0.3) is 0 Å². The third-order valence-electron chi connectivity index (χ3n) is 3.69. The Bertz CT molecular complexity index is 433. The van der Waals surface area contributed by atoms with E-state index in [1.165, 1.54) is 19.3 Å². The van der Waals surface area contributed by atoms with Gasteiger partial charge in [0.15, 0.2) is 0 Å². The maximum atomic E-state index is 6.21. The van der Waals surface area contributed by atoms with Crippen molar-refractivity contribution in [3.05, 3.63) is 16.1 Å². The van der Waals surface area contributed by atoms with Crippen LogP contribution in [0.2, 0.25) is 10.0 Å². The van der Waals surface area contributed by atoms with E-state index < -0.39 is 0 Å². The molecule has 1 aromatic rings. The summed E-state index contributed by atoms with van der Waals surface area (Å²) in [6.45, 7) is 5.15. The molecule has 1 aromatic heterocycles. The van der Waals surface area contributed by atoms with Gasteiger partial charge in [-0.2, -0.15) is 0 Å². The second kappa shape index (κ2) is 6.67. The van der Waals surface area contributed by atoms with Crippen molar-refractivity contribution in [2.75, 3.05) is 17.2 Å². The van der Waals surface area contributed by atoms with Gasteiger partial charge in [0.2, 0.25) is 0 Å². The first-order valence-electron chi connectivity index (χ1n) is 6.98. The quantitative estimate of drug-likeness (QED) is 0.791. The van der Waals surface area contributed by atoms with Crippen LogP contribution in [0.1, 0.15) is 39.5 Å². The molecule has 1 atom stereocenters. The summed E-state index contributed by atoms with van der Waals surface area (Å²) in [7, 11) is 0. The third-order valence-corrected chi connectivity index (χ3v) is 4.27. The van der Waals surface area contributed by atoms with Crippen LogP contribution in [0.4, 0.5) is 11.6 Å². The molecule has 2 rings (SSSR count). The Kier molecular flexibility index (Phi) is 5.17. The van der Waals surface area contributed by atoms with Gasteiger partial charge in [0.05, 0.1) is 10.0 Å². The van der Waals surface area contributed by atoms with Crippen LogP contribution >= 0.6 is 23.2 Å². The van der Waals surface area contributed by atoms with E-state index in [-0.39, 0.29) is 0 Å². The summed E-state index contributed by atoms with van der Waals surface area (Å²) in [6.07, 6.45) is 4.95. The Morgan fingerprint density at radius 2 is 2.00 bits per heavy atom. The minimum absolute atomic E-state index is 0.402. The van der Waals surface area contributed by atoms with Gasteiger partial charge in [-0.05, 0) is 38.2 Å². The summed E-state index contributed by atoms with van der Waals surface area (Å²) < 4.78 is 0. The van der Waals surface area contributed by atoms with E-state index in [2.05, 4.69) is 29.5 Å². The first-order valence-corrected chi connectivity index (χ1v) is 7.73. The molecule has 0 bridgehead atoms. The highest BCUT2D eigenvalue weighted by Crippen LogP contribution is 2.34. The maximum absolute atomic E-state index is 6.21. The molecular formula is C14H21Cl2N3. The summed E-state index contributed by atoms with van der Waals surface area (Å²) in [5, 5.41) is 7.78. The van der Waals surface area contributed by atoms with Gasteiger partial charge in [0.1, 0.15) is 11.6 Å². The summed E-state index contributed by atoms with van der Waals surface area (Å²) in [5.41, 5.74) is 0. The second-order valence-electron chi connectivity index (χ2n) is 5.20. The fraction of sp³-hybridized carbons (Fsp3) is 0.643. The molecular weight excluding hydrogens is 281 g/mol. The van der Waals surface area contributed by atoms with E-state index in [4.69, 9.17) is 23.2 Å². The van der Waals surface area contributed by atoms with Gasteiger partial charge in [-0.3, -0.25) is 0 Å². The Morgan fingerprint density at radius 1 is 1.32 bits per heavy atom. The number of rotatable bonds is 6. The molecule has 1 unspecified atom stereocenters.